The fourth-order valence-electron chi connectivity index (χ4n) is 1.47. The molecule has 19 heavy (non-hydrogen) atoms. The maximum absolute atomic E-state index is 11.3. The van der Waals surface area contributed by atoms with Crippen LogP contribution in [-0.2, 0) is 0 Å². The van der Waals surface area contributed by atoms with Gasteiger partial charge < -0.3 is 15.5 Å². The molecule has 0 atom stereocenters. The normalized spacial score (nSPS) is 10.5. The maximum Gasteiger partial charge on any atom is 0.316 e. The van der Waals surface area contributed by atoms with Crippen LogP contribution >= 0.6 is 22.9 Å². The number of hydrogen-bond acceptors (Lipinski definition) is 5. The van der Waals surface area contributed by atoms with Gasteiger partial charge in [0.2, 0.25) is 5.28 Å². The largest absolute Gasteiger partial charge is 0.368 e. The van der Waals surface area contributed by atoms with Crippen molar-refractivity contribution in [3.05, 3.63) is 16.7 Å². The van der Waals surface area contributed by atoms with E-state index >= 15 is 0 Å². The van der Waals surface area contributed by atoms with Gasteiger partial charge in [0.25, 0.3) is 0 Å². The molecule has 0 aliphatic carbocycles. The number of hydrogen-bond donors (Lipinski definition) is 2. The quantitative estimate of drug-likeness (QED) is 0.669. The van der Waals surface area contributed by atoms with Gasteiger partial charge in [-0.3, -0.25) is 0 Å². The SMILES string of the molecule is CN(C)C(=O)NCCNc1nc(Cl)nc2sccc12. The summed E-state index contributed by atoms with van der Waals surface area (Å²) in [6, 6.07) is 1.82. The van der Waals surface area contributed by atoms with Gasteiger partial charge in [0.05, 0.1) is 5.39 Å². The predicted molar refractivity (Wildman–Crippen MR) is 78.0 cm³/mol. The Morgan fingerprint density at radius 1 is 1.42 bits per heavy atom. The molecule has 2 amide bonds. The highest BCUT2D eigenvalue weighted by atomic mass is 35.5. The number of anilines is 1. The average Bonchev–Trinajstić information content (AvgIpc) is 2.81. The molecule has 0 aliphatic heterocycles. The number of thiophene rings is 1. The Morgan fingerprint density at radius 3 is 2.95 bits per heavy atom. The number of carbonyl (C=O) groups excluding carboxylic acids is 1. The van der Waals surface area contributed by atoms with Crippen LogP contribution in [0.1, 0.15) is 0 Å². The molecule has 2 aromatic heterocycles. The molecule has 0 aromatic carbocycles. The molecule has 0 fully saturated rings. The van der Waals surface area contributed by atoms with E-state index in [-0.39, 0.29) is 11.3 Å². The molecule has 2 heterocycles. The number of amides is 2. The molecule has 2 N–H and O–H groups in total. The molecule has 0 unspecified atom stereocenters. The number of carbonyl (C=O) groups is 1. The first kappa shape index (κ1) is 13.8. The Labute approximate surface area is 119 Å². The summed E-state index contributed by atoms with van der Waals surface area (Å²) in [6.45, 7) is 1.07. The Bertz CT molecular complexity index is 585. The van der Waals surface area contributed by atoms with E-state index in [1.807, 2.05) is 11.4 Å². The molecule has 0 spiro atoms. The Morgan fingerprint density at radius 2 is 2.21 bits per heavy atom. The molecular formula is C11H14ClN5OS. The summed E-state index contributed by atoms with van der Waals surface area (Å²) in [6.07, 6.45) is 0. The fourth-order valence-corrected chi connectivity index (χ4v) is 2.46. The van der Waals surface area contributed by atoms with Crippen molar-refractivity contribution in [2.24, 2.45) is 0 Å². The van der Waals surface area contributed by atoms with Gasteiger partial charge in [0, 0.05) is 27.2 Å². The summed E-state index contributed by atoms with van der Waals surface area (Å²) >= 11 is 7.37. The molecule has 102 valence electrons. The highest BCUT2D eigenvalue weighted by molar-refractivity contribution is 7.16. The molecule has 8 heteroatoms. The number of urea groups is 1. The van der Waals surface area contributed by atoms with Crippen LogP contribution in [0.3, 0.4) is 0 Å². The smallest absolute Gasteiger partial charge is 0.316 e. The summed E-state index contributed by atoms with van der Waals surface area (Å²) < 4.78 is 0. The van der Waals surface area contributed by atoms with Crippen molar-refractivity contribution in [1.82, 2.24) is 20.2 Å². The van der Waals surface area contributed by atoms with Gasteiger partial charge >= 0.3 is 6.03 Å². The van der Waals surface area contributed by atoms with E-state index in [0.29, 0.717) is 18.9 Å². The summed E-state index contributed by atoms with van der Waals surface area (Å²) in [5.74, 6) is 0.690. The molecule has 0 aliphatic rings. The van der Waals surface area contributed by atoms with Crippen molar-refractivity contribution < 1.29 is 4.79 Å². The van der Waals surface area contributed by atoms with Gasteiger partial charge in [-0.1, -0.05) is 0 Å². The third-order valence-corrected chi connectivity index (χ3v) is 3.37. The van der Waals surface area contributed by atoms with Gasteiger partial charge in [-0.2, -0.15) is 0 Å². The zero-order valence-corrected chi connectivity index (χ0v) is 12.2. The predicted octanol–water partition coefficient (Wildman–Crippen LogP) is 2.03. The van der Waals surface area contributed by atoms with Crippen molar-refractivity contribution in [2.45, 2.75) is 0 Å². The van der Waals surface area contributed by atoms with Crippen molar-refractivity contribution in [1.29, 1.82) is 0 Å². The van der Waals surface area contributed by atoms with Crippen LogP contribution in [0.5, 0.6) is 0 Å². The van der Waals surface area contributed by atoms with Crippen LogP contribution in [0.25, 0.3) is 10.2 Å². The molecule has 2 rings (SSSR count). The van der Waals surface area contributed by atoms with Crippen molar-refractivity contribution in [2.75, 3.05) is 32.5 Å². The topological polar surface area (TPSA) is 70.2 Å². The zero-order chi connectivity index (χ0) is 13.8. The number of rotatable bonds is 4. The van der Waals surface area contributed by atoms with Crippen molar-refractivity contribution in [3.8, 4) is 0 Å². The van der Waals surface area contributed by atoms with Crippen LogP contribution in [0.15, 0.2) is 11.4 Å². The molecule has 0 radical (unpaired) electrons. The monoisotopic (exact) mass is 299 g/mol. The molecule has 0 saturated heterocycles. The van der Waals surface area contributed by atoms with Gasteiger partial charge in [0.15, 0.2) is 0 Å². The van der Waals surface area contributed by atoms with Gasteiger partial charge in [0.1, 0.15) is 10.6 Å². The molecule has 0 bridgehead atoms. The van der Waals surface area contributed by atoms with Gasteiger partial charge in [-0.05, 0) is 23.0 Å². The highest BCUT2D eigenvalue weighted by Gasteiger charge is 2.07. The lowest BCUT2D eigenvalue weighted by atomic mass is 10.4. The van der Waals surface area contributed by atoms with E-state index in [1.165, 1.54) is 16.2 Å². The third-order valence-electron chi connectivity index (χ3n) is 2.40. The second-order valence-corrected chi connectivity index (χ2v) is 5.27. The van der Waals surface area contributed by atoms with E-state index in [0.717, 1.165) is 10.2 Å². The standard InChI is InChI=1S/C11H14ClN5OS/c1-17(2)11(18)14-5-4-13-8-7-3-6-19-9(7)16-10(12)15-8/h3,6H,4-5H2,1-2H3,(H,14,18)(H,13,15,16). The minimum atomic E-state index is -0.122. The van der Waals surface area contributed by atoms with Crippen molar-refractivity contribution in [3.63, 3.8) is 0 Å². The Balaban J connectivity index is 1.94. The Kier molecular flexibility index (Phi) is 4.39. The second-order valence-electron chi connectivity index (χ2n) is 4.03. The number of fused-ring (bicyclic) bond motifs is 1. The van der Waals surface area contributed by atoms with Crippen molar-refractivity contribution >= 4 is 45.0 Å². The van der Waals surface area contributed by atoms with Crippen LogP contribution in [0.4, 0.5) is 10.6 Å². The maximum atomic E-state index is 11.3. The summed E-state index contributed by atoms with van der Waals surface area (Å²) in [5, 5.41) is 9.00. The number of aromatic nitrogens is 2. The van der Waals surface area contributed by atoms with Crippen LogP contribution in [0.2, 0.25) is 5.28 Å². The van der Waals surface area contributed by atoms with E-state index < -0.39 is 0 Å². The Hall–Kier alpha value is -1.60. The second kappa shape index (κ2) is 6.03. The first-order chi connectivity index (χ1) is 9.08. The number of nitrogens with one attached hydrogen (secondary N) is 2. The fraction of sp³-hybridized carbons (Fsp3) is 0.364. The first-order valence-electron chi connectivity index (χ1n) is 5.67. The lowest BCUT2D eigenvalue weighted by Gasteiger charge is -2.12. The average molecular weight is 300 g/mol. The number of nitrogens with zero attached hydrogens (tertiary/aromatic N) is 3. The zero-order valence-electron chi connectivity index (χ0n) is 10.6. The van der Waals surface area contributed by atoms with E-state index in [4.69, 9.17) is 11.6 Å². The third kappa shape index (κ3) is 3.45. The van der Waals surface area contributed by atoms with Crippen LogP contribution in [-0.4, -0.2) is 48.1 Å². The number of halogens is 1. The molecular weight excluding hydrogens is 286 g/mol. The minimum Gasteiger partial charge on any atom is -0.368 e. The first-order valence-corrected chi connectivity index (χ1v) is 6.93. The van der Waals surface area contributed by atoms with Gasteiger partial charge in [-0.25, -0.2) is 14.8 Å². The summed E-state index contributed by atoms with van der Waals surface area (Å²) in [7, 11) is 3.39. The highest BCUT2D eigenvalue weighted by Crippen LogP contribution is 2.25. The summed E-state index contributed by atoms with van der Waals surface area (Å²) in [4.78, 5) is 21.9. The van der Waals surface area contributed by atoms with E-state index in [9.17, 15) is 4.79 Å². The van der Waals surface area contributed by atoms with Gasteiger partial charge in [-0.15, -0.1) is 11.3 Å². The lowest BCUT2D eigenvalue weighted by molar-refractivity contribution is 0.218. The minimum absolute atomic E-state index is 0.122. The van der Waals surface area contributed by atoms with Crippen LogP contribution < -0.4 is 10.6 Å². The molecule has 2 aromatic rings. The van der Waals surface area contributed by atoms with E-state index in [1.54, 1.807) is 14.1 Å². The van der Waals surface area contributed by atoms with E-state index in [2.05, 4.69) is 20.6 Å². The lowest BCUT2D eigenvalue weighted by Crippen LogP contribution is -2.37. The summed E-state index contributed by atoms with van der Waals surface area (Å²) in [5.41, 5.74) is 0. The van der Waals surface area contributed by atoms with Crippen LogP contribution in [0, 0.1) is 0 Å². The molecule has 0 saturated carbocycles. The molecule has 6 nitrogen and oxygen atoms in total.